The second-order valence-electron chi connectivity index (χ2n) is 3.55. The molecule has 1 aromatic carbocycles. The van der Waals surface area contributed by atoms with Crippen LogP contribution in [-0.4, -0.2) is 4.98 Å². The molecule has 0 aliphatic heterocycles. The number of hydrogen-bond acceptors (Lipinski definition) is 6. The number of anilines is 4. The summed E-state index contributed by atoms with van der Waals surface area (Å²) in [5.74, 6) is 4.99. The van der Waals surface area contributed by atoms with Crippen LogP contribution in [0.4, 0.5) is 22.7 Å². The maximum Gasteiger partial charge on any atom is 0.108 e. The molecule has 0 unspecified atom stereocenters. The fourth-order valence-electron chi connectivity index (χ4n) is 1.67. The van der Waals surface area contributed by atoms with Crippen LogP contribution in [0, 0.1) is 0 Å². The molecule has 0 amide bonds. The maximum atomic E-state index is 5.84. The average Bonchev–Trinajstić information content (AvgIpc) is 2.68. The van der Waals surface area contributed by atoms with E-state index < -0.39 is 0 Å². The van der Waals surface area contributed by atoms with Gasteiger partial charge in [0.2, 0.25) is 0 Å². The summed E-state index contributed by atoms with van der Waals surface area (Å²) in [7, 11) is 0. The molecule has 16 heavy (non-hydrogen) atoms. The molecule has 7 nitrogen and oxygen atoms in total. The molecule has 0 radical (unpaired) electrons. The molecule has 86 valence electrons. The van der Waals surface area contributed by atoms with Crippen molar-refractivity contribution in [2.75, 3.05) is 22.9 Å². The highest BCUT2D eigenvalue weighted by molar-refractivity contribution is 6.10. The van der Waals surface area contributed by atoms with Crippen LogP contribution in [0.3, 0.4) is 0 Å². The van der Waals surface area contributed by atoms with E-state index in [2.05, 4.69) is 9.82 Å². The van der Waals surface area contributed by atoms with Crippen LogP contribution in [0.1, 0.15) is 5.69 Å². The number of benzene rings is 1. The van der Waals surface area contributed by atoms with Gasteiger partial charge in [-0.3, -0.25) is 4.84 Å². The molecule has 2 aromatic rings. The monoisotopic (exact) mass is 222 g/mol. The van der Waals surface area contributed by atoms with Crippen molar-refractivity contribution in [3.8, 4) is 0 Å². The van der Waals surface area contributed by atoms with Crippen LogP contribution in [0.5, 0.6) is 0 Å². The Labute approximate surface area is 91.5 Å². The zero-order valence-electron chi connectivity index (χ0n) is 8.58. The first-order chi connectivity index (χ1) is 7.56. The lowest BCUT2D eigenvalue weighted by Gasteiger charge is -2.09. The summed E-state index contributed by atoms with van der Waals surface area (Å²) in [6.07, 6.45) is 0. The van der Waals surface area contributed by atoms with E-state index in [4.69, 9.17) is 28.8 Å². The van der Waals surface area contributed by atoms with Gasteiger partial charge in [0.05, 0.1) is 28.3 Å². The van der Waals surface area contributed by atoms with Crippen LogP contribution in [0.25, 0.3) is 10.9 Å². The maximum absolute atomic E-state index is 5.84. The third-order valence-corrected chi connectivity index (χ3v) is 2.54. The Bertz CT molecular complexity index is 502. The summed E-state index contributed by atoms with van der Waals surface area (Å²) in [4.78, 5) is 7.55. The Morgan fingerprint density at radius 3 is 2.25 bits per heavy atom. The van der Waals surface area contributed by atoms with E-state index in [0.29, 0.717) is 22.6 Å². The molecule has 2 rings (SSSR count). The number of aromatic nitrogens is 1. The number of nitrogens with one attached hydrogen (secondary N) is 1. The van der Waals surface area contributed by atoms with Crippen molar-refractivity contribution in [3.05, 3.63) is 11.8 Å². The molecule has 1 aromatic heterocycles. The van der Waals surface area contributed by atoms with Crippen molar-refractivity contribution in [2.45, 2.75) is 6.61 Å². The number of aromatic amines is 1. The Morgan fingerprint density at radius 2 is 1.62 bits per heavy atom. The number of nitrogens with two attached hydrogens (primary N) is 5. The third kappa shape index (κ3) is 1.30. The van der Waals surface area contributed by atoms with Gasteiger partial charge in [0, 0.05) is 11.1 Å². The van der Waals surface area contributed by atoms with Crippen LogP contribution >= 0.6 is 0 Å². The summed E-state index contributed by atoms with van der Waals surface area (Å²) in [6.45, 7) is 0.230. The van der Waals surface area contributed by atoms with Gasteiger partial charge >= 0.3 is 0 Å². The largest absolute Gasteiger partial charge is 0.396 e. The first kappa shape index (κ1) is 10.4. The molecule has 0 bridgehead atoms. The van der Waals surface area contributed by atoms with Crippen molar-refractivity contribution >= 4 is 33.7 Å². The van der Waals surface area contributed by atoms with Gasteiger partial charge in [-0.05, 0) is 6.07 Å². The van der Waals surface area contributed by atoms with Crippen LogP contribution in [0.2, 0.25) is 0 Å². The summed E-state index contributed by atoms with van der Waals surface area (Å²) >= 11 is 0. The smallest absolute Gasteiger partial charge is 0.108 e. The first-order valence-corrected chi connectivity index (χ1v) is 4.61. The van der Waals surface area contributed by atoms with Crippen molar-refractivity contribution in [1.29, 1.82) is 0 Å². The van der Waals surface area contributed by atoms with E-state index in [1.54, 1.807) is 6.07 Å². The molecular formula is C9H14N6O. The highest BCUT2D eigenvalue weighted by atomic mass is 16.6. The number of rotatable bonds is 2. The molecule has 0 aliphatic carbocycles. The molecule has 0 spiro atoms. The molecule has 11 N–H and O–H groups in total. The molecule has 0 saturated heterocycles. The third-order valence-electron chi connectivity index (χ3n) is 2.54. The molecule has 0 atom stereocenters. The standard InChI is InChI=1S/C9H14N6O/c10-5-4-1-3(2-16-14)15-9(4)8(13)7(12)6(5)11/h1,15H,2,10-14H2. The lowest BCUT2D eigenvalue weighted by molar-refractivity contribution is 0.122. The summed E-state index contributed by atoms with van der Waals surface area (Å²) in [6, 6.07) is 1.78. The van der Waals surface area contributed by atoms with Crippen LogP contribution in [0.15, 0.2) is 6.07 Å². The van der Waals surface area contributed by atoms with E-state index in [1.807, 2.05) is 0 Å². The molecule has 0 fully saturated rings. The van der Waals surface area contributed by atoms with Gasteiger partial charge in [0.1, 0.15) is 6.61 Å². The zero-order chi connectivity index (χ0) is 11.9. The molecular weight excluding hydrogens is 208 g/mol. The van der Waals surface area contributed by atoms with Gasteiger partial charge in [0.25, 0.3) is 0 Å². The van der Waals surface area contributed by atoms with Crippen molar-refractivity contribution < 1.29 is 4.84 Å². The highest BCUT2D eigenvalue weighted by Gasteiger charge is 2.14. The Balaban J connectivity index is 2.76. The molecule has 0 saturated carbocycles. The van der Waals surface area contributed by atoms with Crippen LogP contribution < -0.4 is 28.8 Å². The van der Waals surface area contributed by atoms with Gasteiger partial charge in [-0.1, -0.05) is 0 Å². The SMILES string of the molecule is NOCc1cc2c(N)c(N)c(N)c(N)c2[nH]1. The Hall–Kier alpha value is -2.12. The van der Waals surface area contributed by atoms with Gasteiger partial charge in [-0.2, -0.15) is 0 Å². The second kappa shape index (κ2) is 3.47. The van der Waals surface area contributed by atoms with Crippen LogP contribution in [-0.2, 0) is 11.4 Å². The summed E-state index contributed by atoms with van der Waals surface area (Å²) in [5.41, 5.74) is 25.9. The normalized spacial score (nSPS) is 11.1. The Morgan fingerprint density at radius 1 is 1.00 bits per heavy atom. The highest BCUT2D eigenvalue weighted by Crippen LogP contribution is 2.38. The van der Waals surface area contributed by atoms with Gasteiger partial charge in [-0.25, -0.2) is 5.90 Å². The second-order valence-corrected chi connectivity index (χ2v) is 3.55. The van der Waals surface area contributed by atoms with E-state index >= 15 is 0 Å². The minimum absolute atomic E-state index is 0.230. The molecule has 0 aliphatic rings. The zero-order valence-corrected chi connectivity index (χ0v) is 8.58. The number of fused-ring (bicyclic) bond motifs is 1. The average molecular weight is 222 g/mol. The van der Waals surface area contributed by atoms with Gasteiger partial charge in [0.15, 0.2) is 0 Å². The topological polar surface area (TPSA) is 155 Å². The first-order valence-electron chi connectivity index (χ1n) is 4.61. The fourth-order valence-corrected chi connectivity index (χ4v) is 1.67. The van der Waals surface area contributed by atoms with Gasteiger partial charge in [-0.15, -0.1) is 0 Å². The molecule has 1 heterocycles. The lowest BCUT2D eigenvalue weighted by Crippen LogP contribution is -2.04. The summed E-state index contributed by atoms with van der Waals surface area (Å²) < 4.78 is 0. The lowest BCUT2D eigenvalue weighted by atomic mass is 10.1. The van der Waals surface area contributed by atoms with Crippen molar-refractivity contribution in [3.63, 3.8) is 0 Å². The predicted molar refractivity (Wildman–Crippen MR) is 64.9 cm³/mol. The predicted octanol–water partition coefficient (Wildman–Crippen LogP) is -0.113. The summed E-state index contributed by atoms with van der Waals surface area (Å²) in [5, 5.41) is 0.719. The Kier molecular flexibility index (Phi) is 2.26. The van der Waals surface area contributed by atoms with Crippen molar-refractivity contribution in [1.82, 2.24) is 4.98 Å². The van der Waals surface area contributed by atoms with E-state index in [1.165, 1.54) is 0 Å². The van der Waals surface area contributed by atoms with E-state index in [0.717, 1.165) is 11.1 Å². The minimum atomic E-state index is 0.230. The number of hydrogen-bond donors (Lipinski definition) is 6. The quantitative estimate of drug-likeness (QED) is 0.307. The minimum Gasteiger partial charge on any atom is -0.396 e. The van der Waals surface area contributed by atoms with E-state index in [9.17, 15) is 0 Å². The number of nitrogen functional groups attached to an aromatic ring is 4. The van der Waals surface area contributed by atoms with Crippen molar-refractivity contribution in [2.24, 2.45) is 5.90 Å². The fraction of sp³-hybridized carbons (Fsp3) is 0.111. The number of H-pyrrole nitrogens is 1. The molecule has 7 heteroatoms. The van der Waals surface area contributed by atoms with Gasteiger partial charge < -0.3 is 27.9 Å². The van der Waals surface area contributed by atoms with E-state index in [-0.39, 0.29) is 12.3 Å².